The maximum absolute atomic E-state index is 12.6. The first-order valence-electron chi connectivity index (χ1n) is 7.82. The lowest BCUT2D eigenvalue weighted by Gasteiger charge is -2.25. The van der Waals surface area contributed by atoms with E-state index in [0.717, 1.165) is 29.3 Å². The Kier molecular flexibility index (Phi) is 3.74. The SMILES string of the molecule is CC1=Nc2c(c(=O)[nH]n2C2CCCCC2)[C@@H](c2ccsc2)S1. The molecule has 1 aliphatic heterocycles. The first-order valence-corrected chi connectivity index (χ1v) is 9.64. The first-order chi connectivity index (χ1) is 10.7. The van der Waals surface area contributed by atoms with Gasteiger partial charge in [-0.1, -0.05) is 31.0 Å². The smallest absolute Gasteiger partial charge is 0.268 e. The van der Waals surface area contributed by atoms with Crippen LogP contribution in [0.3, 0.4) is 0 Å². The van der Waals surface area contributed by atoms with Crippen molar-refractivity contribution in [2.75, 3.05) is 0 Å². The number of aromatic nitrogens is 2. The molecule has 2 aromatic rings. The highest BCUT2D eigenvalue weighted by Gasteiger charge is 2.32. The molecule has 0 unspecified atom stereocenters. The van der Waals surface area contributed by atoms with Crippen molar-refractivity contribution in [3.63, 3.8) is 0 Å². The molecule has 0 bridgehead atoms. The second-order valence-electron chi connectivity index (χ2n) is 6.03. The highest BCUT2D eigenvalue weighted by molar-refractivity contribution is 8.14. The van der Waals surface area contributed by atoms with Gasteiger partial charge in [0.05, 0.1) is 21.9 Å². The Labute approximate surface area is 137 Å². The highest BCUT2D eigenvalue weighted by Crippen LogP contribution is 2.45. The molecule has 2 aliphatic rings. The Bertz CT molecular complexity index is 751. The number of fused-ring (bicyclic) bond motifs is 1. The maximum atomic E-state index is 12.6. The van der Waals surface area contributed by atoms with E-state index in [0.29, 0.717) is 6.04 Å². The van der Waals surface area contributed by atoms with Gasteiger partial charge in [-0.15, -0.1) is 0 Å². The lowest BCUT2D eigenvalue weighted by Crippen LogP contribution is -2.16. The number of thioether (sulfide) groups is 1. The highest BCUT2D eigenvalue weighted by atomic mass is 32.2. The van der Waals surface area contributed by atoms with Crippen LogP contribution in [0, 0.1) is 0 Å². The third-order valence-electron chi connectivity index (χ3n) is 4.54. The van der Waals surface area contributed by atoms with E-state index in [9.17, 15) is 4.79 Å². The fraction of sp³-hybridized carbons (Fsp3) is 0.500. The summed E-state index contributed by atoms with van der Waals surface area (Å²) in [4.78, 5) is 17.3. The summed E-state index contributed by atoms with van der Waals surface area (Å²) in [6, 6.07) is 2.51. The van der Waals surface area contributed by atoms with E-state index >= 15 is 0 Å². The Hall–Kier alpha value is -1.27. The van der Waals surface area contributed by atoms with Crippen LogP contribution in [0.2, 0.25) is 0 Å². The van der Waals surface area contributed by atoms with Crippen molar-refractivity contribution in [3.8, 4) is 0 Å². The van der Waals surface area contributed by atoms with Gasteiger partial charge in [0, 0.05) is 0 Å². The van der Waals surface area contributed by atoms with Crippen molar-refractivity contribution < 1.29 is 0 Å². The number of hydrogen-bond donors (Lipinski definition) is 1. The Morgan fingerprint density at radius 2 is 2.14 bits per heavy atom. The standard InChI is InChI=1S/C16H19N3OS2/c1-10-17-15-13(14(22-10)11-7-8-21-9-11)16(20)18-19(15)12-5-3-2-4-6-12/h7-9,12,14H,2-6H2,1H3,(H,18,20)/t14-/m1/s1. The lowest BCUT2D eigenvalue weighted by molar-refractivity contribution is 0.331. The summed E-state index contributed by atoms with van der Waals surface area (Å²) >= 11 is 3.36. The zero-order chi connectivity index (χ0) is 15.1. The number of H-pyrrole nitrogens is 1. The predicted octanol–water partition coefficient (Wildman–Crippen LogP) is 4.63. The molecule has 4 nitrogen and oxygen atoms in total. The topological polar surface area (TPSA) is 50.1 Å². The van der Waals surface area contributed by atoms with Gasteiger partial charge >= 0.3 is 0 Å². The summed E-state index contributed by atoms with van der Waals surface area (Å²) in [7, 11) is 0. The molecule has 0 spiro atoms. The van der Waals surface area contributed by atoms with Crippen LogP contribution in [0.1, 0.15) is 61.4 Å². The van der Waals surface area contributed by atoms with Crippen LogP contribution in [0.5, 0.6) is 0 Å². The summed E-state index contributed by atoms with van der Waals surface area (Å²) in [5.74, 6) is 0.865. The van der Waals surface area contributed by atoms with Crippen LogP contribution in [-0.2, 0) is 0 Å². The average molecular weight is 333 g/mol. The van der Waals surface area contributed by atoms with Gasteiger partial charge in [0.1, 0.15) is 0 Å². The summed E-state index contributed by atoms with van der Waals surface area (Å²) in [6.07, 6.45) is 6.07. The number of hydrogen-bond acceptors (Lipinski definition) is 4. The average Bonchev–Trinajstić information content (AvgIpc) is 3.16. The van der Waals surface area contributed by atoms with Gasteiger partial charge in [-0.25, -0.2) is 4.99 Å². The van der Waals surface area contributed by atoms with Crippen molar-refractivity contribution in [2.24, 2.45) is 4.99 Å². The third kappa shape index (κ3) is 2.38. The Morgan fingerprint density at radius 3 is 2.86 bits per heavy atom. The number of aliphatic imine (C=N–C) groups is 1. The molecule has 3 heterocycles. The zero-order valence-electron chi connectivity index (χ0n) is 12.5. The van der Waals surface area contributed by atoms with E-state index in [1.807, 2.05) is 6.92 Å². The van der Waals surface area contributed by atoms with Crippen molar-refractivity contribution in [1.82, 2.24) is 9.78 Å². The Morgan fingerprint density at radius 1 is 1.32 bits per heavy atom. The molecule has 1 atom stereocenters. The maximum Gasteiger partial charge on any atom is 0.271 e. The summed E-state index contributed by atoms with van der Waals surface area (Å²) in [6.45, 7) is 2.04. The van der Waals surface area contributed by atoms with Crippen LogP contribution in [0.15, 0.2) is 26.6 Å². The molecule has 0 saturated heterocycles. The van der Waals surface area contributed by atoms with Gasteiger partial charge < -0.3 is 0 Å². The second-order valence-corrected chi connectivity index (χ2v) is 8.10. The number of thiophene rings is 1. The molecule has 2 aromatic heterocycles. The van der Waals surface area contributed by atoms with E-state index in [1.54, 1.807) is 23.1 Å². The predicted molar refractivity (Wildman–Crippen MR) is 93.7 cm³/mol. The van der Waals surface area contributed by atoms with Gasteiger partial charge in [0.15, 0.2) is 5.82 Å². The first kappa shape index (κ1) is 14.3. The molecule has 1 saturated carbocycles. The van der Waals surface area contributed by atoms with E-state index in [4.69, 9.17) is 4.99 Å². The molecule has 0 amide bonds. The van der Waals surface area contributed by atoms with Gasteiger partial charge in [0.25, 0.3) is 5.56 Å². The van der Waals surface area contributed by atoms with E-state index < -0.39 is 0 Å². The molecule has 116 valence electrons. The molecule has 0 radical (unpaired) electrons. The quantitative estimate of drug-likeness (QED) is 0.871. The van der Waals surface area contributed by atoms with Crippen LogP contribution >= 0.6 is 23.1 Å². The molecule has 1 aliphatic carbocycles. The lowest BCUT2D eigenvalue weighted by atomic mass is 9.95. The molecule has 4 rings (SSSR count). The van der Waals surface area contributed by atoms with Crippen molar-refractivity contribution in [1.29, 1.82) is 0 Å². The normalized spacial score (nSPS) is 22.4. The monoisotopic (exact) mass is 333 g/mol. The number of aromatic amines is 1. The summed E-state index contributed by atoms with van der Waals surface area (Å²) in [5, 5.41) is 8.40. The van der Waals surface area contributed by atoms with Crippen LogP contribution in [0.4, 0.5) is 5.82 Å². The van der Waals surface area contributed by atoms with Gasteiger partial charge in [-0.2, -0.15) is 11.3 Å². The number of nitrogens with one attached hydrogen (secondary N) is 1. The minimum Gasteiger partial charge on any atom is -0.268 e. The molecule has 6 heteroatoms. The molecular formula is C16H19N3OS2. The van der Waals surface area contributed by atoms with Crippen LogP contribution < -0.4 is 5.56 Å². The molecule has 1 N–H and O–H groups in total. The van der Waals surface area contributed by atoms with E-state index in [2.05, 4.69) is 26.6 Å². The number of nitrogens with zero attached hydrogens (tertiary/aromatic N) is 2. The fourth-order valence-electron chi connectivity index (χ4n) is 3.47. The van der Waals surface area contributed by atoms with Crippen LogP contribution in [0.25, 0.3) is 0 Å². The van der Waals surface area contributed by atoms with Gasteiger partial charge in [-0.3, -0.25) is 14.6 Å². The largest absolute Gasteiger partial charge is 0.271 e. The Balaban J connectivity index is 1.82. The van der Waals surface area contributed by atoms with Crippen molar-refractivity contribution in [3.05, 3.63) is 38.3 Å². The van der Waals surface area contributed by atoms with E-state index in [-0.39, 0.29) is 10.8 Å². The van der Waals surface area contributed by atoms with Crippen molar-refractivity contribution >= 4 is 34.0 Å². The van der Waals surface area contributed by atoms with E-state index in [1.165, 1.54) is 24.8 Å². The molecule has 1 fully saturated rings. The van der Waals surface area contributed by atoms with Gasteiger partial charge in [-0.05, 0) is 42.2 Å². The second kappa shape index (κ2) is 5.74. The molecular weight excluding hydrogens is 314 g/mol. The number of rotatable bonds is 2. The fourth-order valence-corrected chi connectivity index (χ4v) is 5.34. The molecule has 22 heavy (non-hydrogen) atoms. The van der Waals surface area contributed by atoms with Gasteiger partial charge in [0.2, 0.25) is 0 Å². The minimum absolute atomic E-state index is 0.0283. The van der Waals surface area contributed by atoms with Crippen LogP contribution in [-0.4, -0.2) is 14.8 Å². The third-order valence-corrected chi connectivity index (χ3v) is 6.41. The summed E-state index contributed by atoms with van der Waals surface area (Å²) < 4.78 is 2.05. The molecule has 0 aromatic carbocycles. The zero-order valence-corrected chi connectivity index (χ0v) is 14.2. The summed E-state index contributed by atoms with van der Waals surface area (Å²) in [5.41, 5.74) is 2.07. The van der Waals surface area contributed by atoms with Crippen molar-refractivity contribution in [2.45, 2.75) is 50.3 Å². The minimum atomic E-state index is 0.0283.